The topological polar surface area (TPSA) is 37.4 Å². The molecular formula is C14H13NO2. The third kappa shape index (κ3) is 1.91. The number of imide groups is 1. The summed E-state index contributed by atoms with van der Waals surface area (Å²) in [6, 6.07) is 5.58. The number of benzene rings is 1. The van der Waals surface area contributed by atoms with E-state index in [4.69, 9.17) is 0 Å². The molecule has 1 aromatic rings. The van der Waals surface area contributed by atoms with Crippen molar-refractivity contribution < 1.29 is 9.59 Å². The van der Waals surface area contributed by atoms with E-state index < -0.39 is 0 Å². The highest BCUT2D eigenvalue weighted by atomic mass is 16.2. The number of amides is 2. The van der Waals surface area contributed by atoms with E-state index in [0.29, 0.717) is 5.69 Å². The first kappa shape index (κ1) is 11.3. The van der Waals surface area contributed by atoms with Crippen molar-refractivity contribution in [3.8, 4) is 0 Å². The maximum atomic E-state index is 11.6. The standard InChI is InChI=1S/C14H13NO2/c1-9(2)11-8-10(3)4-5-12(11)15-13(16)6-7-14(15)17/h4-8H,1H2,2-3H3. The van der Waals surface area contributed by atoms with Crippen LogP contribution < -0.4 is 4.90 Å². The van der Waals surface area contributed by atoms with E-state index in [9.17, 15) is 9.59 Å². The number of carbonyl (C=O) groups is 2. The van der Waals surface area contributed by atoms with Gasteiger partial charge in [0.1, 0.15) is 0 Å². The number of hydrogen-bond donors (Lipinski definition) is 0. The molecule has 0 bridgehead atoms. The van der Waals surface area contributed by atoms with Crippen LogP contribution in [0.25, 0.3) is 5.57 Å². The lowest BCUT2D eigenvalue weighted by Gasteiger charge is -2.18. The third-order valence-corrected chi connectivity index (χ3v) is 2.66. The average molecular weight is 227 g/mol. The Balaban J connectivity index is 2.56. The normalized spacial score (nSPS) is 14.6. The zero-order chi connectivity index (χ0) is 12.6. The number of aryl methyl sites for hydroxylation is 1. The van der Waals surface area contributed by atoms with Gasteiger partial charge in [0, 0.05) is 17.7 Å². The van der Waals surface area contributed by atoms with Crippen LogP contribution in [0.2, 0.25) is 0 Å². The van der Waals surface area contributed by atoms with Gasteiger partial charge in [-0.15, -0.1) is 0 Å². The fourth-order valence-corrected chi connectivity index (χ4v) is 1.82. The number of anilines is 1. The second kappa shape index (κ2) is 4.01. The maximum absolute atomic E-state index is 11.6. The number of hydrogen-bond acceptors (Lipinski definition) is 2. The van der Waals surface area contributed by atoms with Crippen LogP contribution >= 0.6 is 0 Å². The lowest BCUT2D eigenvalue weighted by Crippen LogP contribution is -2.30. The Morgan fingerprint density at radius 2 is 1.76 bits per heavy atom. The first-order chi connectivity index (χ1) is 8.00. The summed E-state index contributed by atoms with van der Waals surface area (Å²) in [6.07, 6.45) is 2.56. The van der Waals surface area contributed by atoms with Crippen LogP contribution in [0.3, 0.4) is 0 Å². The molecule has 2 amide bonds. The Morgan fingerprint density at radius 3 is 2.29 bits per heavy atom. The first-order valence-electron chi connectivity index (χ1n) is 5.33. The van der Waals surface area contributed by atoms with Crippen molar-refractivity contribution in [1.82, 2.24) is 0 Å². The van der Waals surface area contributed by atoms with Crippen LogP contribution in [-0.4, -0.2) is 11.8 Å². The van der Waals surface area contributed by atoms with Crippen molar-refractivity contribution >= 4 is 23.1 Å². The van der Waals surface area contributed by atoms with Crippen molar-refractivity contribution in [1.29, 1.82) is 0 Å². The van der Waals surface area contributed by atoms with Gasteiger partial charge in [0.05, 0.1) is 5.69 Å². The molecule has 0 radical (unpaired) electrons. The molecule has 0 saturated heterocycles. The van der Waals surface area contributed by atoms with E-state index in [1.807, 2.05) is 26.0 Å². The van der Waals surface area contributed by atoms with Gasteiger partial charge in [0.15, 0.2) is 0 Å². The quantitative estimate of drug-likeness (QED) is 0.728. The van der Waals surface area contributed by atoms with Crippen LogP contribution in [0.5, 0.6) is 0 Å². The van der Waals surface area contributed by atoms with Crippen LogP contribution in [0, 0.1) is 6.92 Å². The summed E-state index contributed by atoms with van der Waals surface area (Å²) in [5.41, 5.74) is 3.33. The molecule has 1 aromatic carbocycles. The number of carbonyl (C=O) groups excluding carboxylic acids is 2. The Bertz CT molecular complexity index is 537. The van der Waals surface area contributed by atoms with E-state index in [0.717, 1.165) is 16.7 Å². The first-order valence-corrected chi connectivity index (χ1v) is 5.33. The summed E-state index contributed by atoms with van der Waals surface area (Å²) in [5.74, 6) is -0.609. The highest BCUT2D eigenvalue weighted by Crippen LogP contribution is 2.29. The van der Waals surface area contributed by atoms with Crippen molar-refractivity contribution in [2.45, 2.75) is 13.8 Å². The Morgan fingerprint density at radius 1 is 1.18 bits per heavy atom. The molecule has 2 rings (SSSR count). The second-order valence-corrected chi connectivity index (χ2v) is 4.15. The summed E-state index contributed by atoms with van der Waals surface area (Å²) < 4.78 is 0. The maximum Gasteiger partial charge on any atom is 0.258 e. The lowest BCUT2D eigenvalue weighted by atomic mass is 10.0. The van der Waals surface area contributed by atoms with Gasteiger partial charge in [-0.3, -0.25) is 9.59 Å². The summed E-state index contributed by atoms with van der Waals surface area (Å²) in [6.45, 7) is 7.70. The molecule has 17 heavy (non-hydrogen) atoms. The van der Waals surface area contributed by atoms with Crippen LogP contribution in [-0.2, 0) is 9.59 Å². The Labute approximate surface area is 100 Å². The van der Waals surface area contributed by atoms with Crippen molar-refractivity contribution in [3.63, 3.8) is 0 Å². The molecule has 0 unspecified atom stereocenters. The minimum atomic E-state index is -0.304. The predicted molar refractivity (Wildman–Crippen MR) is 67.5 cm³/mol. The molecule has 0 fully saturated rings. The molecular weight excluding hydrogens is 214 g/mol. The van der Waals surface area contributed by atoms with Gasteiger partial charge in [0.25, 0.3) is 11.8 Å². The van der Waals surface area contributed by atoms with Gasteiger partial charge in [-0.1, -0.05) is 18.2 Å². The molecule has 1 heterocycles. The van der Waals surface area contributed by atoms with Gasteiger partial charge in [-0.25, -0.2) is 4.90 Å². The zero-order valence-corrected chi connectivity index (χ0v) is 9.86. The highest BCUT2D eigenvalue weighted by Gasteiger charge is 2.27. The molecule has 0 atom stereocenters. The minimum Gasteiger partial charge on any atom is -0.269 e. The average Bonchev–Trinajstić information content (AvgIpc) is 2.59. The van der Waals surface area contributed by atoms with E-state index in [-0.39, 0.29) is 11.8 Å². The van der Waals surface area contributed by atoms with Crippen LogP contribution in [0.15, 0.2) is 36.9 Å². The minimum absolute atomic E-state index is 0.304. The lowest BCUT2D eigenvalue weighted by molar-refractivity contribution is -0.119. The van der Waals surface area contributed by atoms with Gasteiger partial charge in [-0.05, 0) is 31.6 Å². The highest BCUT2D eigenvalue weighted by molar-refractivity contribution is 6.28. The third-order valence-electron chi connectivity index (χ3n) is 2.66. The molecule has 0 aromatic heterocycles. The molecule has 86 valence electrons. The van der Waals surface area contributed by atoms with E-state index in [2.05, 4.69) is 6.58 Å². The smallest absolute Gasteiger partial charge is 0.258 e. The SMILES string of the molecule is C=C(C)c1cc(C)ccc1N1C(=O)C=CC1=O. The summed E-state index contributed by atoms with van der Waals surface area (Å²) in [5, 5.41) is 0. The van der Waals surface area contributed by atoms with Crippen molar-refractivity contribution in [2.24, 2.45) is 0 Å². The monoisotopic (exact) mass is 227 g/mol. The Hall–Kier alpha value is -2.16. The fraction of sp³-hybridized carbons (Fsp3) is 0.143. The van der Waals surface area contributed by atoms with Gasteiger partial charge >= 0.3 is 0 Å². The van der Waals surface area contributed by atoms with E-state index >= 15 is 0 Å². The number of rotatable bonds is 2. The van der Waals surface area contributed by atoms with Crippen LogP contribution in [0.1, 0.15) is 18.1 Å². The van der Waals surface area contributed by atoms with E-state index in [1.54, 1.807) is 6.07 Å². The van der Waals surface area contributed by atoms with Gasteiger partial charge in [0.2, 0.25) is 0 Å². The van der Waals surface area contributed by atoms with E-state index in [1.165, 1.54) is 17.1 Å². The predicted octanol–water partition coefficient (Wildman–Crippen LogP) is 2.46. The largest absolute Gasteiger partial charge is 0.269 e. The molecule has 1 aliphatic rings. The van der Waals surface area contributed by atoms with Crippen LogP contribution in [0.4, 0.5) is 5.69 Å². The van der Waals surface area contributed by atoms with Gasteiger partial charge < -0.3 is 0 Å². The van der Waals surface area contributed by atoms with Crippen molar-refractivity contribution in [3.05, 3.63) is 48.1 Å². The molecule has 3 nitrogen and oxygen atoms in total. The second-order valence-electron chi connectivity index (χ2n) is 4.15. The number of allylic oxidation sites excluding steroid dienone is 1. The molecule has 1 aliphatic heterocycles. The summed E-state index contributed by atoms with van der Waals surface area (Å²) in [7, 11) is 0. The summed E-state index contributed by atoms with van der Waals surface area (Å²) in [4.78, 5) is 24.4. The molecule has 0 saturated carbocycles. The molecule has 3 heteroatoms. The fourth-order valence-electron chi connectivity index (χ4n) is 1.82. The zero-order valence-electron chi connectivity index (χ0n) is 9.86. The molecule has 0 spiro atoms. The molecule has 0 aliphatic carbocycles. The molecule has 0 N–H and O–H groups in total. The van der Waals surface area contributed by atoms with Crippen molar-refractivity contribution in [2.75, 3.05) is 4.90 Å². The number of nitrogens with zero attached hydrogens (tertiary/aromatic N) is 1. The summed E-state index contributed by atoms with van der Waals surface area (Å²) >= 11 is 0. The van der Waals surface area contributed by atoms with Gasteiger partial charge in [-0.2, -0.15) is 0 Å². The Kier molecular flexibility index (Phi) is 2.68.